The van der Waals surface area contributed by atoms with Crippen molar-refractivity contribution in [1.82, 2.24) is 15.5 Å². The smallest absolute Gasteiger partial charge is 0.322 e. The SMILES string of the molecule is COc1ccc2cc(C(=O)CCCCN3CCC4(CC3)NC(=O)NC4=O)ccc2c1. The number of ketones is 1. The molecule has 1 spiro atoms. The van der Waals surface area contributed by atoms with Crippen molar-refractivity contribution in [1.29, 1.82) is 0 Å². The Hall–Kier alpha value is -2.93. The van der Waals surface area contributed by atoms with Crippen LogP contribution in [-0.4, -0.2) is 54.9 Å². The predicted octanol–water partition coefficient (Wildman–Crippen LogP) is 2.88. The van der Waals surface area contributed by atoms with Crippen LogP contribution < -0.4 is 15.4 Å². The van der Waals surface area contributed by atoms with E-state index in [1.165, 1.54) is 0 Å². The van der Waals surface area contributed by atoms with Crippen LogP contribution in [0.5, 0.6) is 5.75 Å². The molecule has 0 aliphatic carbocycles. The monoisotopic (exact) mass is 409 g/mol. The van der Waals surface area contributed by atoms with E-state index in [0.29, 0.717) is 19.3 Å². The van der Waals surface area contributed by atoms with Gasteiger partial charge in [-0.05, 0) is 61.2 Å². The van der Waals surface area contributed by atoms with Crippen LogP contribution >= 0.6 is 0 Å². The van der Waals surface area contributed by atoms with Crippen LogP contribution in [0.25, 0.3) is 10.8 Å². The van der Waals surface area contributed by atoms with E-state index in [0.717, 1.165) is 54.6 Å². The molecule has 0 radical (unpaired) electrons. The van der Waals surface area contributed by atoms with E-state index in [2.05, 4.69) is 15.5 Å². The van der Waals surface area contributed by atoms with E-state index in [-0.39, 0.29) is 17.7 Å². The van der Waals surface area contributed by atoms with E-state index in [9.17, 15) is 14.4 Å². The van der Waals surface area contributed by atoms with Crippen LogP contribution in [0.4, 0.5) is 4.79 Å². The maximum Gasteiger partial charge on any atom is 0.322 e. The van der Waals surface area contributed by atoms with Gasteiger partial charge in [-0.1, -0.05) is 18.2 Å². The number of carbonyl (C=O) groups is 3. The Balaban J connectivity index is 1.22. The van der Waals surface area contributed by atoms with Gasteiger partial charge in [0.25, 0.3) is 5.91 Å². The van der Waals surface area contributed by atoms with Crippen molar-refractivity contribution in [2.75, 3.05) is 26.7 Å². The Morgan fingerprint density at radius 2 is 1.80 bits per heavy atom. The lowest BCUT2D eigenvalue weighted by molar-refractivity contribution is -0.125. The van der Waals surface area contributed by atoms with Crippen LogP contribution in [-0.2, 0) is 4.79 Å². The van der Waals surface area contributed by atoms with Crippen molar-refractivity contribution in [3.63, 3.8) is 0 Å². The molecular formula is C23H27N3O4. The number of methoxy groups -OCH3 is 1. The van der Waals surface area contributed by atoms with Gasteiger partial charge in [0.2, 0.25) is 0 Å². The second kappa shape index (κ2) is 8.44. The second-order valence-corrected chi connectivity index (χ2v) is 8.14. The lowest BCUT2D eigenvalue weighted by Gasteiger charge is -2.36. The molecule has 0 unspecified atom stereocenters. The third kappa shape index (κ3) is 4.16. The van der Waals surface area contributed by atoms with E-state index in [4.69, 9.17) is 4.74 Å². The van der Waals surface area contributed by atoms with Crippen LogP contribution in [0.2, 0.25) is 0 Å². The van der Waals surface area contributed by atoms with E-state index < -0.39 is 5.54 Å². The standard InChI is InChI=1S/C23H27N3O4/c1-30-19-8-7-16-14-18(6-5-17(16)15-19)20(27)4-2-3-11-26-12-9-23(10-13-26)21(28)24-22(29)25-23/h5-8,14-15H,2-4,9-13H2,1H3,(H2,24,25,28,29). The molecule has 0 bridgehead atoms. The third-order valence-electron chi connectivity index (χ3n) is 6.22. The number of amides is 3. The van der Waals surface area contributed by atoms with Crippen molar-refractivity contribution in [2.24, 2.45) is 0 Å². The first kappa shape index (κ1) is 20.3. The number of imide groups is 1. The van der Waals surface area contributed by atoms with Gasteiger partial charge < -0.3 is 15.0 Å². The van der Waals surface area contributed by atoms with Crippen molar-refractivity contribution in [3.8, 4) is 5.75 Å². The lowest BCUT2D eigenvalue weighted by atomic mass is 9.87. The summed E-state index contributed by atoms with van der Waals surface area (Å²) in [6.45, 7) is 2.45. The second-order valence-electron chi connectivity index (χ2n) is 8.14. The number of nitrogens with zero attached hydrogens (tertiary/aromatic N) is 1. The summed E-state index contributed by atoms with van der Waals surface area (Å²) in [6.07, 6.45) is 3.55. The zero-order chi connectivity index (χ0) is 21.1. The average Bonchev–Trinajstić information content (AvgIpc) is 3.04. The number of unbranched alkanes of at least 4 members (excludes halogenated alkanes) is 1. The molecule has 7 nitrogen and oxygen atoms in total. The molecule has 2 aromatic carbocycles. The van der Waals surface area contributed by atoms with E-state index in [1.807, 2.05) is 36.4 Å². The zero-order valence-corrected chi connectivity index (χ0v) is 17.2. The van der Waals surface area contributed by atoms with Crippen molar-refractivity contribution in [2.45, 2.75) is 37.6 Å². The molecule has 2 heterocycles. The Kier molecular flexibility index (Phi) is 5.72. The van der Waals surface area contributed by atoms with Gasteiger partial charge in [-0.25, -0.2) is 4.79 Å². The summed E-state index contributed by atoms with van der Waals surface area (Å²) < 4.78 is 5.24. The fourth-order valence-electron chi connectivity index (χ4n) is 4.33. The largest absolute Gasteiger partial charge is 0.497 e. The highest BCUT2D eigenvalue weighted by atomic mass is 16.5. The molecule has 2 N–H and O–H groups in total. The molecule has 2 aromatic rings. The summed E-state index contributed by atoms with van der Waals surface area (Å²) >= 11 is 0. The molecule has 2 saturated heterocycles. The summed E-state index contributed by atoms with van der Waals surface area (Å²) in [7, 11) is 1.64. The van der Waals surface area contributed by atoms with Gasteiger partial charge in [-0.2, -0.15) is 0 Å². The normalized spacial score (nSPS) is 18.4. The Labute approximate surface area is 175 Å². The number of likely N-dealkylation sites (tertiary alicyclic amines) is 1. The number of fused-ring (bicyclic) bond motifs is 1. The highest BCUT2D eigenvalue weighted by Gasteiger charge is 2.47. The first-order valence-electron chi connectivity index (χ1n) is 10.5. The fourth-order valence-corrected chi connectivity index (χ4v) is 4.33. The average molecular weight is 409 g/mol. The molecule has 0 saturated carbocycles. The Morgan fingerprint density at radius 3 is 2.50 bits per heavy atom. The molecule has 2 fully saturated rings. The number of hydrogen-bond acceptors (Lipinski definition) is 5. The quantitative estimate of drug-likeness (QED) is 0.417. The van der Waals surface area contributed by atoms with Gasteiger partial charge >= 0.3 is 6.03 Å². The van der Waals surface area contributed by atoms with Gasteiger partial charge in [-0.15, -0.1) is 0 Å². The van der Waals surface area contributed by atoms with Crippen LogP contribution in [0.15, 0.2) is 36.4 Å². The van der Waals surface area contributed by atoms with Gasteiger partial charge in [-0.3, -0.25) is 14.9 Å². The molecule has 4 rings (SSSR count). The van der Waals surface area contributed by atoms with Gasteiger partial charge in [0.1, 0.15) is 11.3 Å². The number of urea groups is 1. The van der Waals surface area contributed by atoms with E-state index in [1.54, 1.807) is 7.11 Å². The summed E-state index contributed by atoms with van der Waals surface area (Å²) in [6, 6.07) is 11.2. The highest BCUT2D eigenvalue weighted by molar-refractivity contribution is 6.07. The minimum absolute atomic E-state index is 0.163. The number of Topliss-reactive ketones (excluding diaryl/α,β-unsaturated/α-hetero) is 1. The number of nitrogens with one attached hydrogen (secondary N) is 2. The van der Waals surface area contributed by atoms with Crippen molar-refractivity contribution in [3.05, 3.63) is 42.0 Å². The molecule has 30 heavy (non-hydrogen) atoms. The molecular weight excluding hydrogens is 382 g/mol. The summed E-state index contributed by atoms with van der Waals surface area (Å²) in [5.41, 5.74) is 0.0273. The third-order valence-corrected chi connectivity index (χ3v) is 6.22. The van der Waals surface area contributed by atoms with Crippen LogP contribution in [0.1, 0.15) is 42.5 Å². The van der Waals surface area contributed by atoms with Crippen molar-refractivity contribution >= 4 is 28.5 Å². The maximum atomic E-state index is 12.6. The maximum absolute atomic E-state index is 12.6. The fraction of sp³-hybridized carbons (Fsp3) is 0.435. The van der Waals surface area contributed by atoms with Gasteiger partial charge in [0.05, 0.1) is 7.11 Å². The molecule has 0 aromatic heterocycles. The molecule has 7 heteroatoms. The summed E-state index contributed by atoms with van der Waals surface area (Å²) in [4.78, 5) is 38.3. The number of rotatable bonds is 7. The Morgan fingerprint density at radius 1 is 1.07 bits per heavy atom. The number of ether oxygens (including phenoxy) is 1. The summed E-state index contributed by atoms with van der Waals surface area (Å²) in [5.74, 6) is 0.767. The highest BCUT2D eigenvalue weighted by Crippen LogP contribution is 2.26. The number of hydrogen-bond donors (Lipinski definition) is 2. The minimum Gasteiger partial charge on any atom is -0.497 e. The topological polar surface area (TPSA) is 87.7 Å². The van der Waals surface area contributed by atoms with Gasteiger partial charge in [0, 0.05) is 25.1 Å². The van der Waals surface area contributed by atoms with Crippen LogP contribution in [0.3, 0.4) is 0 Å². The van der Waals surface area contributed by atoms with Gasteiger partial charge in [0.15, 0.2) is 5.78 Å². The first-order chi connectivity index (χ1) is 14.5. The molecule has 2 aliphatic rings. The van der Waals surface area contributed by atoms with E-state index >= 15 is 0 Å². The first-order valence-corrected chi connectivity index (χ1v) is 10.5. The zero-order valence-electron chi connectivity index (χ0n) is 17.2. The molecule has 158 valence electrons. The summed E-state index contributed by atoms with van der Waals surface area (Å²) in [5, 5.41) is 7.21. The lowest BCUT2D eigenvalue weighted by Crippen LogP contribution is -2.54. The molecule has 0 atom stereocenters. The van der Waals surface area contributed by atoms with Crippen LogP contribution in [0, 0.1) is 0 Å². The minimum atomic E-state index is -0.719. The number of carbonyl (C=O) groups excluding carboxylic acids is 3. The predicted molar refractivity (Wildman–Crippen MR) is 114 cm³/mol. The Bertz CT molecular complexity index is 980. The number of piperidine rings is 1. The molecule has 3 amide bonds. The molecule has 2 aliphatic heterocycles. The number of benzene rings is 2. The van der Waals surface area contributed by atoms with Crippen molar-refractivity contribution < 1.29 is 19.1 Å².